The molecule has 3 aromatic rings. The van der Waals surface area contributed by atoms with Crippen molar-refractivity contribution in [3.8, 4) is 0 Å². The fourth-order valence-corrected chi connectivity index (χ4v) is 5.03. The summed E-state index contributed by atoms with van der Waals surface area (Å²) in [5.74, 6) is -0.585. The van der Waals surface area contributed by atoms with Crippen molar-refractivity contribution in [1.82, 2.24) is 0 Å². The highest BCUT2D eigenvalue weighted by molar-refractivity contribution is 7.17. The number of nitrogens with one attached hydrogen (secondary N) is 1. The van der Waals surface area contributed by atoms with E-state index in [1.807, 2.05) is 42.5 Å². The van der Waals surface area contributed by atoms with Crippen molar-refractivity contribution in [3.05, 3.63) is 87.3 Å². The quantitative estimate of drug-likeness (QED) is 0.589. The first-order chi connectivity index (χ1) is 14.2. The highest BCUT2D eigenvalue weighted by atomic mass is 32.1. The molecule has 1 amide bonds. The predicted octanol–water partition coefficient (Wildman–Crippen LogP) is 5.26. The van der Waals surface area contributed by atoms with Gasteiger partial charge < -0.3 is 10.1 Å². The van der Waals surface area contributed by atoms with Crippen LogP contribution in [0, 0.1) is 0 Å². The number of hydrogen-bond donors (Lipinski definition) is 1. The van der Waals surface area contributed by atoms with Crippen LogP contribution in [-0.2, 0) is 24.0 Å². The molecule has 5 heteroatoms. The molecule has 0 unspecified atom stereocenters. The summed E-state index contributed by atoms with van der Waals surface area (Å²) in [4.78, 5) is 26.3. The molecule has 0 aliphatic heterocycles. The van der Waals surface area contributed by atoms with Crippen LogP contribution in [0.2, 0.25) is 0 Å². The first kappa shape index (κ1) is 19.4. The van der Waals surface area contributed by atoms with Crippen LogP contribution in [0.25, 0.3) is 0 Å². The summed E-state index contributed by atoms with van der Waals surface area (Å²) in [5, 5.41) is 3.55. The van der Waals surface area contributed by atoms with Crippen LogP contribution in [0.1, 0.15) is 55.1 Å². The van der Waals surface area contributed by atoms with Gasteiger partial charge in [0.15, 0.2) is 0 Å². The first-order valence-electron chi connectivity index (χ1n) is 9.83. The van der Waals surface area contributed by atoms with E-state index in [4.69, 9.17) is 4.74 Å². The monoisotopic (exact) mass is 405 g/mol. The minimum atomic E-state index is -0.377. The Bertz CT molecular complexity index is 1020. The maximum absolute atomic E-state index is 12.8. The third kappa shape index (κ3) is 4.25. The zero-order valence-electron chi connectivity index (χ0n) is 16.4. The van der Waals surface area contributed by atoms with E-state index in [2.05, 4.69) is 17.4 Å². The van der Waals surface area contributed by atoms with Crippen molar-refractivity contribution in [1.29, 1.82) is 0 Å². The number of rotatable bonds is 5. The fraction of sp³-hybridized carbons (Fsp3) is 0.250. The number of hydrogen-bond acceptors (Lipinski definition) is 4. The molecule has 4 nitrogen and oxygen atoms in total. The van der Waals surface area contributed by atoms with Crippen molar-refractivity contribution in [2.24, 2.45) is 0 Å². The van der Waals surface area contributed by atoms with Gasteiger partial charge in [-0.05, 0) is 60.9 Å². The van der Waals surface area contributed by atoms with Gasteiger partial charge in [-0.1, -0.05) is 42.5 Å². The Balaban J connectivity index is 1.52. The van der Waals surface area contributed by atoms with E-state index >= 15 is 0 Å². The van der Waals surface area contributed by atoms with E-state index in [9.17, 15) is 9.59 Å². The number of methoxy groups -OCH3 is 1. The number of benzene rings is 2. The lowest BCUT2D eigenvalue weighted by Gasteiger charge is -2.11. The number of ether oxygens (including phenoxy) is 1. The maximum atomic E-state index is 12.8. The summed E-state index contributed by atoms with van der Waals surface area (Å²) in [6.07, 6.45) is 4.82. The Labute approximate surface area is 174 Å². The van der Waals surface area contributed by atoms with Gasteiger partial charge in [-0.15, -0.1) is 11.3 Å². The molecule has 0 saturated heterocycles. The Kier molecular flexibility index (Phi) is 5.76. The normalized spacial score (nSPS) is 12.9. The summed E-state index contributed by atoms with van der Waals surface area (Å²) in [6, 6.07) is 17.8. The molecule has 0 spiro atoms. The van der Waals surface area contributed by atoms with E-state index < -0.39 is 0 Å². The van der Waals surface area contributed by atoms with E-state index in [1.165, 1.54) is 28.9 Å². The lowest BCUT2D eigenvalue weighted by atomic mass is 9.95. The molecule has 1 heterocycles. The van der Waals surface area contributed by atoms with Crippen molar-refractivity contribution >= 4 is 28.2 Å². The zero-order valence-corrected chi connectivity index (χ0v) is 17.2. The van der Waals surface area contributed by atoms with Gasteiger partial charge >= 0.3 is 5.97 Å². The number of carbonyl (C=O) groups excluding carboxylic acids is 2. The van der Waals surface area contributed by atoms with E-state index in [-0.39, 0.29) is 11.9 Å². The fourth-order valence-electron chi connectivity index (χ4n) is 3.75. The Morgan fingerprint density at radius 1 is 0.966 bits per heavy atom. The van der Waals surface area contributed by atoms with Gasteiger partial charge in [-0.2, -0.15) is 0 Å². The molecule has 0 saturated carbocycles. The summed E-state index contributed by atoms with van der Waals surface area (Å²) in [6.45, 7) is 0. The van der Waals surface area contributed by atoms with E-state index in [0.717, 1.165) is 43.2 Å². The van der Waals surface area contributed by atoms with E-state index in [1.54, 1.807) is 0 Å². The van der Waals surface area contributed by atoms with Gasteiger partial charge in [-0.3, -0.25) is 4.79 Å². The molecule has 0 atom stereocenters. The molecular formula is C24H23NO3S. The third-order valence-electron chi connectivity index (χ3n) is 5.26. The first-order valence-corrected chi connectivity index (χ1v) is 10.6. The summed E-state index contributed by atoms with van der Waals surface area (Å²) in [5.41, 5.74) is 4.53. The second-order valence-corrected chi connectivity index (χ2v) is 8.33. The molecule has 2 aromatic carbocycles. The number of thiophene rings is 1. The van der Waals surface area contributed by atoms with Crippen LogP contribution in [0.4, 0.5) is 5.00 Å². The van der Waals surface area contributed by atoms with Gasteiger partial charge in [0.2, 0.25) is 0 Å². The minimum absolute atomic E-state index is 0.208. The van der Waals surface area contributed by atoms with Crippen LogP contribution < -0.4 is 5.32 Å². The van der Waals surface area contributed by atoms with Gasteiger partial charge in [0.1, 0.15) is 5.00 Å². The third-order valence-corrected chi connectivity index (χ3v) is 6.46. The number of fused-ring (bicyclic) bond motifs is 1. The summed E-state index contributed by atoms with van der Waals surface area (Å²) >= 11 is 1.50. The number of amides is 1. The average Bonchev–Trinajstić information content (AvgIpc) is 3.12. The molecule has 148 valence electrons. The Hall–Kier alpha value is -2.92. The summed E-state index contributed by atoms with van der Waals surface area (Å²) in [7, 11) is 1.38. The molecule has 29 heavy (non-hydrogen) atoms. The molecule has 4 rings (SSSR count). The lowest BCUT2D eigenvalue weighted by molar-refractivity contribution is 0.0601. The van der Waals surface area contributed by atoms with Crippen LogP contribution >= 0.6 is 11.3 Å². The van der Waals surface area contributed by atoms with Crippen molar-refractivity contribution in [2.45, 2.75) is 32.1 Å². The molecule has 1 N–H and O–H groups in total. The number of aryl methyl sites for hydroxylation is 1. The van der Waals surface area contributed by atoms with Gasteiger partial charge in [0.25, 0.3) is 5.91 Å². The molecule has 0 fully saturated rings. The SMILES string of the molecule is COC(=O)c1c(NC(=O)c2ccc(Cc3ccccc3)cc2)sc2c1CCCC2. The smallest absolute Gasteiger partial charge is 0.341 e. The van der Waals surface area contributed by atoms with Crippen LogP contribution in [0.3, 0.4) is 0 Å². The standard InChI is InChI=1S/C24H23NO3S/c1-28-24(27)21-19-9-5-6-10-20(19)29-23(21)25-22(26)18-13-11-17(12-14-18)15-16-7-3-2-4-8-16/h2-4,7-8,11-14H,5-6,9-10,15H2,1H3,(H,25,26). The predicted molar refractivity (Wildman–Crippen MR) is 116 cm³/mol. The highest BCUT2D eigenvalue weighted by Gasteiger charge is 2.27. The molecule has 0 bridgehead atoms. The van der Waals surface area contributed by atoms with Crippen LogP contribution in [-0.4, -0.2) is 19.0 Å². The Morgan fingerprint density at radius 2 is 1.66 bits per heavy atom. The largest absolute Gasteiger partial charge is 0.465 e. The van der Waals surface area contributed by atoms with Crippen LogP contribution in [0.5, 0.6) is 0 Å². The van der Waals surface area contributed by atoms with Crippen molar-refractivity contribution in [3.63, 3.8) is 0 Å². The van der Waals surface area contributed by atoms with Gasteiger partial charge in [-0.25, -0.2) is 4.79 Å². The van der Waals surface area contributed by atoms with Crippen LogP contribution in [0.15, 0.2) is 54.6 Å². The average molecular weight is 406 g/mol. The lowest BCUT2D eigenvalue weighted by Crippen LogP contribution is -2.15. The molecule has 1 aromatic heterocycles. The highest BCUT2D eigenvalue weighted by Crippen LogP contribution is 2.38. The summed E-state index contributed by atoms with van der Waals surface area (Å²) < 4.78 is 4.98. The molecule has 1 aliphatic rings. The zero-order chi connectivity index (χ0) is 20.2. The Morgan fingerprint density at radius 3 is 2.38 bits per heavy atom. The second kappa shape index (κ2) is 8.62. The van der Waals surface area contributed by atoms with Gasteiger partial charge in [0.05, 0.1) is 12.7 Å². The van der Waals surface area contributed by atoms with Gasteiger partial charge in [0, 0.05) is 10.4 Å². The maximum Gasteiger partial charge on any atom is 0.341 e. The van der Waals surface area contributed by atoms with E-state index in [0.29, 0.717) is 16.1 Å². The molecule has 0 radical (unpaired) electrons. The number of carbonyl (C=O) groups is 2. The second-order valence-electron chi connectivity index (χ2n) is 7.22. The number of anilines is 1. The number of esters is 1. The topological polar surface area (TPSA) is 55.4 Å². The molecule has 1 aliphatic carbocycles. The van der Waals surface area contributed by atoms with Crippen molar-refractivity contribution < 1.29 is 14.3 Å². The minimum Gasteiger partial charge on any atom is -0.465 e. The van der Waals surface area contributed by atoms with Crippen molar-refractivity contribution in [2.75, 3.05) is 12.4 Å². The molecular weight excluding hydrogens is 382 g/mol.